The van der Waals surface area contributed by atoms with Gasteiger partial charge in [0.15, 0.2) is 0 Å². The van der Waals surface area contributed by atoms with E-state index in [2.05, 4.69) is 48.6 Å². The average Bonchev–Trinajstić information content (AvgIpc) is 2.30. The fraction of sp³-hybridized carbons (Fsp3) is 0.500. The fourth-order valence-electron chi connectivity index (χ4n) is 2.88. The molecule has 1 N–H and O–H groups in total. The summed E-state index contributed by atoms with van der Waals surface area (Å²) >= 11 is 0. The first-order chi connectivity index (χ1) is 7.77. The quantitative estimate of drug-likeness (QED) is 0.615. The maximum absolute atomic E-state index is 4.63. The Balaban J connectivity index is 2.03. The van der Waals surface area contributed by atoms with Gasteiger partial charge in [-0.15, -0.1) is 0 Å². The predicted molar refractivity (Wildman–Crippen MR) is 67.5 cm³/mol. The van der Waals surface area contributed by atoms with E-state index in [0.717, 1.165) is 13.0 Å². The summed E-state index contributed by atoms with van der Waals surface area (Å²) in [7, 11) is 0. The second-order valence-electron chi connectivity index (χ2n) is 5.01. The van der Waals surface area contributed by atoms with E-state index in [4.69, 9.17) is 0 Å². The van der Waals surface area contributed by atoms with Gasteiger partial charge in [0, 0.05) is 18.7 Å². The van der Waals surface area contributed by atoms with E-state index in [0.29, 0.717) is 17.9 Å². The lowest BCUT2D eigenvalue weighted by Crippen LogP contribution is -2.43. The van der Waals surface area contributed by atoms with Gasteiger partial charge in [-0.05, 0) is 24.8 Å². The third-order valence-corrected chi connectivity index (χ3v) is 3.94. The van der Waals surface area contributed by atoms with Gasteiger partial charge in [-0.3, -0.25) is 4.99 Å². The summed E-state index contributed by atoms with van der Waals surface area (Å²) in [4.78, 5) is 4.63. The van der Waals surface area contributed by atoms with Crippen LogP contribution in [0.3, 0.4) is 0 Å². The summed E-state index contributed by atoms with van der Waals surface area (Å²) in [5, 5.41) is 3.57. The minimum Gasteiger partial charge on any atom is -0.304 e. The van der Waals surface area contributed by atoms with Gasteiger partial charge in [0.05, 0.1) is 11.7 Å². The molecule has 1 aliphatic carbocycles. The van der Waals surface area contributed by atoms with Gasteiger partial charge < -0.3 is 5.32 Å². The molecule has 3 unspecified atom stereocenters. The summed E-state index contributed by atoms with van der Waals surface area (Å²) < 4.78 is 0. The number of allylic oxidation sites excluding steroid dienone is 2. The fourth-order valence-corrected chi connectivity index (χ4v) is 2.88. The lowest BCUT2D eigenvalue weighted by atomic mass is 9.78. The van der Waals surface area contributed by atoms with Crippen molar-refractivity contribution in [3.05, 3.63) is 35.1 Å². The molecule has 2 aliphatic heterocycles. The third kappa shape index (κ3) is 1.40. The molecule has 0 bridgehead atoms. The van der Waals surface area contributed by atoms with Crippen molar-refractivity contribution in [1.82, 2.24) is 5.32 Å². The van der Waals surface area contributed by atoms with Crippen LogP contribution in [0.25, 0.3) is 0 Å². The molecule has 2 heterocycles. The minimum atomic E-state index is 0.406. The van der Waals surface area contributed by atoms with E-state index in [1.807, 2.05) is 0 Å². The van der Waals surface area contributed by atoms with Crippen LogP contribution in [-0.4, -0.2) is 18.8 Å². The average molecular weight is 214 g/mol. The van der Waals surface area contributed by atoms with Crippen LogP contribution in [0.2, 0.25) is 0 Å². The van der Waals surface area contributed by atoms with E-state index < -0.39 is 0 Å². The number of rotatable bonds is 0. The monoisotopic (exact) mass is 214 g/mol. The van der Waals surface area contributed by atoms with Crippen molar-refractivity contribution < 1.29 is 0 Å². The Bertz CT molecular complexity index is 426. The van der Waals surface area contributed by atoms with Crippen LogP contribution in [0.5, 0.6) is 0 Å². The molecule has 3 atom stereocenters. The largest absolute Gasteiger partial charge is 0.304 e. The van der Waals surface area contributed by atoms with Crippen LogP contribution >= 0.6 is 0 Å². The van der Waals surface area contributed by atoms with Crippen molar-refractivity contribution in [3.63, 3.8) is 0 Å². The van der Waals surface area contributed by atoms with E-state index in [1.54, 1.807) is 0 Å². The van der Waals surface area contributed by atoms with Crippen LogP contribution in [0.1, 0.15) is 20.3 Å². The molecule has 0 radical (unpaired) electrons. The first-order valence-corrected chi connectivity index (χ1v) is 6.12. The number of nitrogens with zero attached hydrogens (tertiary/aromatic N) is 1. The van der Waals surface area contributed by atoms with Crippen molar-refractivity contribution in [1.29, 1.82) is 0 Å². The molecule has 2 heteroatoms. The topological polar surface area (TPSA) is 24.4 Å². The molecule has 3 aliphatic rings. The van der Waals surface area contributed by atoms with Crippen molar-refractivity contribution >= 4 is 6.21 Å². The molecular weight excluding hydrogens is 196 g/mol. The summed E-state index contributed by atoms with van der Waals surface area (Å²) in [6, 6.07) is 0.406. The highest BCUT2D eigenvalue weighted by Crippen LogP contribution is 2.36. The number of hydrogen-bond donors (Lipinski definition) is 1. The van der Waals surface area contributed by atoms with Crippen molar-refractivity contribution in [2.24, 2.45) is 16.8 Å². The standard InChI is InChI=1S/C14H18N2/c1-9-5-7-15-13-11(9)3-4-12-10(2)6-8-16-14(12)13/h3-5,8,10-11,13,15H,6-7H2,1-2H3. The van der Waals surface area contributed by atoms with Crippen molar-refractivity contribution in [2.45, 2.75) is 26.3 Å². The third-order valence-electron chi connectivity index (χ3n) is 3.94. The maximum atomic E-state index is 4.63. The summed E-state index contributed by atoms with van der Waals surface area (Å²) in [5.74, 6) is 1.13. The van der Waals surface area contributed by atoms with E-state index in [-0.39, 0.29) is 0 Å². The molecule has 0 aromatic heterocycles. The minimum absolute atomic E-state index is 0.406. The molecule has 3 rings (SSSR count). The highest BCUT2D eigenvalue weighted by Gasteiger charge is 2.33. The molecule has 0 amide bonds. The molecular formula is C14H18N2. The molecule has 16 heavy (non-hydrogen) atoms. The van der Waals surface area contributed by atoms with Crippen LogP contribution in [0.4, 0.5) is 0 Å². The van der Waals surface area contributed by atoms with E-state index in [1.165, 1.54) is 16.8 Å². The van der Waals surface area contributed by atoms with Crippen molar-refractivity contribution in [3.8, 4) is 0 Å². The lowest BCUT2D eigenvalue weighted by Gasteiger charge is -2.36. The molecule has 0 aromatic rings. The van der Waals surface area contributed by atoms with Gasteiger partial charge in [0.2, 0.25) is 0 Å². The maximum Gasteiger partial charge on any atom is 0.0613 e. The number of hydrogen-bond acceptors (Lipinski definition) is 2. The van der Waals surface area contributed by atoms with Crippen LogP contribution in [0, 0.1) is 11.8 Å². The first-order valence-electron chi connectivity index (χ1n) is 6.12. The van der Waals surface area contributed by atoms with Gasteiger partial charge in [0.25, 0.3) is 0 Å². The summed E-state index contributed by atoms with van der Waals surface area (Å²) in [6.45, 7) is 5.49. The number of nitrogens with one attached hydrogen (secondary N) is 1. The van der Waals surface area contributed by atoms with Crippen LogP contribution in [-0.2, 0) is 0 Å². The zero-order valence-corrected chi connectivity index (χ0v) is 9.90. The molecule has 0 spiro atoms. The SMILES string of the molecule is CC1=CCNC2C3=C(C=CC12)C(C)CC=N3. The molecule has 0 saturated carbocycles. The highest BCUT2D eigenvalue weighted by molar-refractivity contribution is 5.64. The van der Waals surface area contributed by atoms with E-state index in [9.17, 15) is 0 Å². The lowest BCUT2D eigenvalue weighted by molar-refractivity contribution is 0.471. The smallest absolute Gasteiger partial charge is 0.0613 e. The zero-order valence-electron chi connectivity index (χ0n) is 9.90. The normalized spacial score (nSPS) is 36.9. The van der Waals surface area contributed by atoms with Crippen LogP contribution < -0.4 is 5.32 Å². The predicted octanol–water partition coefficient (Wildman–Crippen LogP) is 2.46. The Hall–Kier alpha value is -1.15. The van der Waals surface area contributed by atoms with Gasteiger partial charge in [-0.2, -0.15) is 0 Å². The molecule has 2 nitrogen and oxygen atoms in total. The Morgan fingerprint density at radius 3 is 3.19 bits per heavy atom. The van der Waals surface area contributed by atoms with Gasteiger partial charge in [-0.1, -0.05) is 30.7 Å². The number of fused-ring (bicyclic) bond motifs is 2. The Morgan fingerprint density at radius 1 is 1.44 bits per heavy atom. The zero-order chi connectivity index (χ0) is 11.1. The molecule has 0 aromatic carbocycles. The van der Waals surface area contributed by atoms with Crippen molar-refractivity contribution in [2.75, 3.05) is 6.54 Å². The van der Waals surface area contributed by atoms with Gasteiger partial charge >= 0.3 is 0 Å². The van der Waals surface area contributed by atoms with Gasteiger partial charge in [-0.25, -0.2) is 0 Å². The second-order valence-corrected chi connectivity index (χ2v) is 5.01. The molecule has 0 fully saturated rings. The molecule has 0 saturated heterocycles. The van der Waals surface area contributed by atoms with Crippen LogP contribution in [0.15, 0.2) is 40.1 Å². The summed E-state index contributed by atoms with van der Waals surface area (Å²) in [5.41, 5.74) is 4.18. The highest BCUT2D eigenvalue weighted by atomic mass is 15.0. The molecule has 84 valence electrons. The Kier molecular flexibility index (Phi) is 2.32. The van der Waals surface area contributed by atoms with Gasteiger partial charge in [0.1, 0.15) is 0 Å². The Labute approximate surface area is 96.8 Å². The second kappa shape index (κ2) is 3.70. The first kappa shape index (κ1) is 10.0. The van der Waals surface area contributed by atoms with E-state index >= 15 is 0 Å². The Morgan fingerprint density at radius 2 is 2.31 bits per heavy atom. The summed E-state index contributed by atoms with van der Waals surface area (Å²) in [6.07, 6.45) is 10.1. The number of aliphatic imine (C=N–C) groups is 1.